The molecular weight excluding hydrogens is 324 g/mol. The molecule has 1 unspecified atom stereocenters. The highest BCUT2D eigenvalue weighted by Gasteiger charge is 2.44. The summed E-state index contributed by atoms with van der Waals surface area (Å²) in [6.45, 7) is 4.65. The van der Waals surface area contributed by atoms with Gasteiger partial charge in [0.2, 0.25) is 5.70 Å². The van der Waals surface area contributed by atoms with E-state index in [1.807, 2.05) is 54.8 Å². The molecule has 5 heteroatoms. The van der Waals surface area contributed by atoms with Crippen molar-refractivity contribution in [3.8, 4) is 5.75 Å². The SMILES string of the molecule is CC(C)=CCOc1cccc(C2=NC(C3=CC=C3)=C3C=NC=C[N+]23N)c1. The van der Waals surface area contributed by atoms with Crippen molar-refractivity contribution in [2.24, 2.45) is 15.8 Å². The van der Waals surface area contributed by atoms with Crippen molar-refractivity contribution in [2.45, 2.75) is 13.8 Å². The minimum atomic E-state index is 0.0153. The number of ether oxygens (including phenoxy) is 1. The first-order valence-corrected chi connectivity index (χ1v) is 8.55. The van der Waals surface area contributed by atoms with Crippen molar-refractivity contribution in [1.29, 1.82) is 0 Å². The number of allylic oxidation sites excluding steroid dienone is 5. The second-order valence-electron chi connectivity index (χ2n) is 6.62. The van der Waals surface area contributed by atoms with Gasteiger partial charge in [-0.1, -0.05) is 29.9 Å². The molecule has 2 aliphatic heterocycles. The lowest BCUT2D eigenvalue weighted by Crippen LogP contribution is -2.53. The molecule has 3 aliphatic rings. The van der Waals surface area contributed by atoms with Crippen LogP contribution < -0.4 is 10.6 Å². The van der Waals surface area contributed by atoms with Crippen LogP contribution in [0.25, 0.3) is 0 Å². The zero-order chi connectivity index (χ0) is 18.1. The van der Waals surface area contributed by atoms with E-state index in [1.165, 1.54) is 5.57 Å². The average Bonchev–Trinajstić information content (AvgIpc) is 2.86. The van der Waals surface area contributed by atoms with Crippen molar-refractivity contribution >= 4 is 12.1 Å². The van der Waals surface area contributed by atoms with Gasteiger partial charge in [-0.3, -0.25) is 4.99 Å². The zero-order valence-electron chi connectivity index (χ0n) is 14.9. The van der Waals surface area contributed by atoms with Crippen LogP contribution >= 0.6 is 0 Å². The highest BCUT2D eigenvalue weighted by Crippen LogP contribution is 2.36. The average molecular weight is 345 g/mol. The number of nitrogens with zero attached hydrogens (tertiary/aromatic N) is 3. The molecule has 0 saturated heterocycles. The number of benzene rings is 1. The van der Waals surface area contributed by atoms with Gasteiger partial charge in [0.25, 0.3) is 5.84 Å². The van der Waals surface area contributed by atoms with Gasteiger partial charge < -0.3 is 4.74 Å². The van der Waals surface area contributed by atoms with Crippen LogP contribution in [-0.4, -0.2) is 23.2 Å². The molecule has 1 aromatic rings. The number of nitrogens with two attached hydrogens (primary N) is 1. The summed E-state index contributed by atoms with van der Waals surface area (Å²) in [7, 11) is 0. The minimum Gasteiger partial charge on any atom is -0.490 e. The van der Waals surface area contributed by atoms with Crippen molar-refractivity contribution in [3.63, 3.8) is 0 Å². The van der Waals surface area contributed by atoms with Crippen LogP contribution in [-0.2, 0) is 0 Å². The normalized spacial score (nSPS) is 22.6. The predicted octanol–water partition coefficient (Wildman–Crippen LogP) is 3.75. The molecule has 1 aliphatic carbocycles. The first kappa shape index (κ1) is 16.4. The smallest absolute Gasteiger partial charge is 0.265 e. The molecule has 0 fully saturated rings. The lowest BCUT2D eigenvalue weighted by atomic mass is 10.0. The van der Waals surface area contributed by atoms with E-state index in [1.54, 1.807) is 12.4 Å². The van der Waals surface area contributed by atoms with E-state index < -0.39 is 0 Å². The van der Waals surface area contributed by atoms with Gasteiger partial charge in [0, 0.05) is 5.57 Å². The number of hydrogen-bond acceptors (Lipinski definition) is 4. The Kier molecular flexibility index (Phi) is 4.03. The second-order valence-corrected chi connectivity index (χ2v) is 6.62. The molecule has 5 nitrogen and oxygen atoms in total. The zero-order valence-corrected chi connectivity index (χ0v) is 14.9. The number of fused-ring (bicyclic) bond motifs is 1. The number of aliphatic imine (C=N–C) groups is 2. The van der Waals surface area contributed by atoms with Crippen LogP contribution in [0.1, 0.15) is 19.4 Å². The Morgan fingerprint density at radius 1 is 1.31 bits per heavy atom. The summed E-state index contributed by atoms with van der Waals surface area (Å²) in [6, 6.07) is 7.89. The molecule has 0 radical (unpaired) electrons. The van der Waals surface area contributed by atoms with Crippen LogP contribution in [0.5, 0.6) is 5.75 Å². The molecule has 0 bridgehead atoms. The van der Waals surface area contributed by atoms with Crippen molar-refractivity contribution < 1.29 is 9.33 Å². The molecule has 26 heavy (non-hydrogen) atoms. The van der Waals surface area contributed by atoms with Gasteiger partial charge in [0.05, 0.1) is 18.0 Å². The topological polar surface area (TPSA) is 60.0 Å². The summed E-state index contributed by atoms with van der Waals surface area (Å²) in [5, 5.41) is 0. The molecule has 0 aromatic heterocycles. The Labute approximate surface area is 153 Å². The van der Waals surface area contributed by atoms with Gasteiger partial charge >= 0.3 is 0 Å². The van der Waals surface area contributed by atoms with Crippen molar-refractivity contribution in [1.82, 2.24) is 0 Å². The third-order valence-electron chi connectivity index (χ3n) is 4.45. The van der Waals surface area contributed by atoms with Crippen LogP contribution in [0.15, 0.2) is 93.5 Å². The Bertz CT molecular complexity index is 971. The summed E-state index contributed by atoms with van der Waals surface area (Å²) < 4.78 is 5.85. The minimum absolute atomic E-state index is 0.0153. The fraction of sp³-hybridized carbons (Fsp3) is 0.143. The van der Waals surface area contributed by atoms with Crippen LogP contribution in [0, 0.1) is 0 Å². The number of quaternary nitrogens is 1. The highest BCUT2D eigenvalue weighted by molar-refractivity contribution is 6.01. The Balaban J connectivity index is 1.69. The summed E-state index contributed by atoms with van der Waals surface area (Å²) in [5.41, 5.74) is 4.97. The summed E-state index contributed by atoms with van der Waals surface area (Å²) >= 11 is 0. The lowest BCUT2D eigenvalue weighted by molar-refractivity contribution is -0.750. The molecular formula is C21H21N4O+. The fourth-order valence-corrected chi connectivity index (χ4v) is 2.97. The molecule has 2 heterocycles. The van der Waals surface area contributed by atoms with Crippen LogP contribution in [0.2, 0.25) is 0 Å². The first-order valence-electron chi connectivity index (χ1n) is 8.55. The van der Waals surface area contributed by atoms with Gasteiger partial charge in [0.1, 0.15) is 24.3 Å². The molecule has 4 rings (SSSR count). The van der Waals surface area contributed by atoms with Gasteiger partial charge in [-0.15, -0.1) is 4.59 Å². The third-order valence-corrected chi connectivity index (χ3v) is 4.45. The summed E-state index contributed by atoms with van der Waals surface area (Å²) in [6.07, 6.45) is 13.5. The van der Waals surface area contributed by atoms with E-state index in [0.29, 0.717) is 6.61 Å². The second kappa shape index (κ2) is 6.37. The maximum Gasteiger partial charge on any atom is 0.265 e. The van der Waals surface area contributed by atoms with Crippen molar-refractivity contribution in [3.05, 3.63) is 89.1 Å². The highest BCUT2D eigenvalue weighted by atomic mass is 16.5. The standard InChI is InChI=1S/C21H21N4O/c1-15(2)9-12-26-18-8-4-7-17(13-18)21-24-20(16-5-3-6-16)19-14-23-10-11-25(19,21)22/h3-11,13-14H,12,22H2,1-2H3/q+1. The maximum absolute atomic E-state index is 6.71. The van der Waals surface area contributed by atoms with E-state index in [0.717, 1.165) is 34.1 Å². The summed E-state index contributed by atoms with van der Waals surface area (Å²) in [4.78, 5) is 9.10. The lowest BCUT2D eigenvalue weighted by Gasteiger charge is -2.26. The van der Waals surface area contributed by atoms with E-state index in [9.17, 15) is 0 Å². The van der Waals surface area contributed by atoms with Crippen LogP contribution in [0.3, 0.4) is 0 Å². The Morgan fingerprint density at radius 3 is 2.88 bits per heavy atom. The molecule has 0 saturated carbocycles. The molecule has 130 valence electrons. The molecule has 0 spiro atoms. The molecule has 2 N–H and O–H groups in total. The first-order chi connectivity index (χ1) is 12.6. The van der Waals surface area contributed by atoms with E-state index in [-0.39, 0.29) is 4.59 Å². The monoisotopic (exact) mass is 345 g/mol. The largest absolute Gasteiger partial charge is 0.490 e. The van der Waals surface area contributed by atoms with Crippen molar-refractivity contribution in [2.75, 3.05) is 6.61 Å². The van der Waals surface area contributed by atoms with Gasteiger partial charge in [-0.25, -0.2) is 0 Å². The number of rotatable bonds is 5. The van der Waals surface area contributed by atoms with Crippen LogP contribution in [0.4, 0.5) is 0 Å². The third kappa shape index (κ3) is 2.77. The molecule has 1 atom stereocenters. The number of hydrogen-bond donors (Lipinski definition) is 1. The fourth-order valence-electron chi connectivity index (χ4n) is 2.97. The molecule has 1 aromatic carbocycles. The number of amidine groups is 1. The van der Waals surface area contributed by atoms with Gasteiger partial charge in [0.15, 0.2) is 0 Å². The van der Waals surface area contributed by atoms with E-state index >= 15 is 0 Å². The maximum atomic E-state index is 6.71. The Hall–Kier alpha value is -3.02. The van der Waals surface area contributed by atoms with Gasteiger partial charge in [-0.05, 0) is 38.1 Å². The summed E-state index contributed by atoms with van der Waals surface area (Å²) in [5.74, 6) is 8.26. The molecule has 0 amide bonds. The van der Waals surface area contributed by atoms with E-state index in [4.69, 9.17) is 15.6 Å². The Morgan fingerprint density at radius 2 is 2.15 bits per heavy atom. The van der Waals surface area contributed by atoms with E-state index in [2.05, 4.69) is 18.8 Å². The predicted molar refractivity (Wildman–Crippen MR) is 104 cm³/mol. The quantitative estimate of drug-likeness (QED) is 0.502. The van der Waals surface area contributed by atoms with Gasteiger partial charge in [-0.2, -0.15) is 10.8 Å².